The Balaban J connectivity index is 1.65. The lowest BCUT2D eigenvalue weighted by atomic mass is 9.90. The van der Waals surface area contributed by atoms with Gasteiger partial charge in [-0.25, -0.2) is 0 Å². The number of benzene rings is 1. The minimum absolute atomic E-state index is 0.282. The van der Waals surface area contributed by atoms with E-state index < -0.39 is 11.7 Å². The molecule has 0 bridgehead atoms. The predicted molar refractivity (Wildman–Crippen MR) is 106 cm³/mol. The highest BCUT2D eigenvalue weighted by atomic mass is 19.4. The van der Waals surface area contributed by atoms with E-state index in [-0.39, 0.29) is 5.41 Å². The van der Waals surface area contributed by atoms with Crippen LogP contribution in [0.2, 0.25) is 0 Å². The van der Waals surface area contributed by atoms with Crippen LogP contribution in [0.15, 0.2) is 42.6 Å². The summed E-state index contributed by atoms with van der Waals surface area (Å²) in [7, 11) is 0. The fourth-order valence-corrected chi connectivity index (χ4v) is 3.99. The van der Waals surface area contributed by atoms with Crippen molar-refractivity contribution < 1.29 is 13.2 Å². The first-order chi connectivity index (χ1) is 13.1. The zero-order chi connectivity index (χ0) is 20.4. The highest BCUT2D eigenvalue weighted by Crippen LogP contribution is 2.30. The maximum atomic E-state index is 12.9. The molecule has 1 aromatic heterocycles. The highest BCUT2D eigenvalue weighted by molar-refractivity contribution is 5.30. The van der Waals surface area contributed by atoms with Gasteiger partial charge in [-0.05, 0) is 54.5 Å². The summed E-state index contributed by atoms with van der Waals surface area (Å²) in [5.74, 6) is 0.429. The van der Waals surface area contributed by atoms with Crippen molar-refractivity contribution in [2.24, 2.45) is 5.41 Å². The van der Waals surface area contributed by atoms with Gasteiger partial charge in [0.15, 0.2) is 0 Å². The SMILES string of the molecule is CC(C)(C)CN1CCCC(c2ccc(Cc3cccc(C(F)(F)F)c3)cn2)C1. The minimum Gasteiger partial charge on any atom is -0.302 e. The van der Waals surface area contributed by atoms with Crippen molar-refractivity contribution in [2.75, 3.05) is 19.6 Å². The molecule has 5 heteroatoms. The highest BCUT2D eigenvalue weighted by Gasteiger charge is 2.30. The van der Waals surface area contributed by atoms with Crippen LogP contribution in [0.3, 0.4) is 0 Å². The van der Waals surface area contributed by atoms with Gasteiger partial charge in [0.1, 0.15) is 0 Å². The lowest BCUT2D eigenvalue weighted by Crippen LogP contribution is -2.39. The average Bonchev–Trinajstić information content (AvgIpc) is 2.61. The lowest BCUT2D eigenvalue weighted by molar-refractivity contribution is -0.137. The van der Waals surface area contributed by atoms with Crippen LogP contribution in [-0.2, 0) is 12.6 Å². The first-order valence-corrected chi connectivity index (χ1v) is 9.93. The summed E-state index contributed by atoms with van der Waals surface area (Å²) in [6.45, 7) is 10.0. The normalized spacial score (nSPS) is 19.0. The maximum Gasteiger partial charge on any atom is 0.416 e. The van der Waals surface area contributed by atoms with E-state index in [1.807, 2.05) is 18.3 Å². The molecule has 152 valence electrons. The molecule has 0 radical (unpaired) electrons. The van der Waals surface area contributed by atoms with Gasteiger partial charge >= 0.3 is 6.18 Å². The smallest absolute Gasteiger partial charge is 0.302 e. The summed E-state index contributed by atoms with van der Waals surface area (Å²) in [6.07, 6.45) is 0.281. The molecule has 2 heterocycles. The van der Waals surface area contributed by atoms with Crippen LogP contribution in [-0.4, -0.2) is 29.5 Å². The largest absolute Gasteiger partial charge is 0.416 e. The quantitative estimate of drug-likeness (QED) is 0.644. The molecular formula is C23H29F3N2. The molecule has 1 atom stereocenters. The van der Waals surface area contributed by atoms with Crippen LogP contribution in [0, 0.1) is 5.41 Å². The summed E-state index contributed by atoms with van der Waals surface area (Å²) < 4.78 is 38.7. The van der Waals surface area contributed by atoms with E-state index in [0.717, 1.165) is 43.4 Å². The summed E-state index contributed by atoms with van der Waals surface area (Å²) in [6, 6.07) is 9.58. The number of nitrogens with zero attached hydrogens (tertiary/aromatic N) is 2. The maximum absolute atomic E-state index is 12.9. The summed E-state index contributed by atoms with van der Waals surface area (Å²) in [4.78, 5) is 7.17. The van der Waals surface area contributed by atoms with Gasteiger partial charge in [-0.15, -0.1) is 0 Å². The molecule has 0 N–H and O–H groups in total. The third-order valence-electron chi connectivity index (χ3n) is 5.13. The van der Waals surface area contributed by atoms with Gasteiger partial charge in [0, 0.05) is 30.9 Å². The van der Waals surface area contributed by atoms with Gasteiger partial charge in [-0.2, -0.15) is 13.2 Å². The topological polar surface area (TPSA) is 16.1 Å². The fraction of sp³-hybridized carbons (Fsp3) is 0.522. The molecule has 2 nitrogen and oxygen atoms in total. The van der Waals surface area contributed by atoms with Crippen LogP contribution >= 0.6 is 0 Å². The summed E-state index contributed by atoms with van der Waals surface area (Å²) >= 11 is 0. The minimum atomic E-state index is -4.31. The van der Waals surface area contributed by atoms with Crippen molar-refractivity contribution in [3.63, 3.8) is 0 Å². The zero-order valence-electron chi connectivity index (χ0n) is 16.9. The molecule has 1 unspecified atom stereocenters. The summed E-state index contributed by atoms with van der Waals surface area (Å²) in [5, 5.41) is 0. The summed E-state index contributed by atoms with van der Waals surface area (Å²) in [5.41, 5.74) is 2.36. The number of halogens is 3. The predicted octanol–water partition coefficient (Wildman–Crippen LogP) is 5.92. The molecule has 3 rings (SSSR count). The molecule has 1 aliphatic heterocycles. The van der Waals surface area contributed by atoms with E-state index in [9.17, 15) is 13.2 Å². The second-order valence-corrected chi connectivity index (χ2v) is 9.10. The molecule has 28 heavy (non-hydrogen) atoms. The van der Waals surface area contributed by atoms with Gasteiger partial charge < -0.3 is 4.90 Å². The number of alkyl halides is 3. The second kappa shape index (κ2) is 8.24. The molecule has 0 saturated carbocycles. The third-order valence-corrected chi connectivity index (χ3v) is 5.13. The Labute approximate surface area is 165 Å². The van der Waals surface area contributed by atoms with E-state index in [0.29, 0.717) is 17.9 Å². The Morgan fingerprint density at radius 3 is 2.50 bits per heavy atom. The first kappa shape index (κ1) is 20.8. The molecule has 0 spiro atoms. The van der Waals surface area contributed by atoms with Gasteiger partial charge in [-0.3, -0.25) is 4.98 Å². The molecule has 2 aromatic rings. The molecule has 1 aromatic carbocycles. The van der Waals surface area contributed by atoms with Crippen LogP contribution < -0.4 is 0 Å². The first-order valence-electron chi connectivity index (χ1n) is 9.93. The van der Waals surface area contributed by atoms with Crippen LogP contribution in [0.25, 0.3) is 0 Å². The van der Waals surface area contributed by atoms with Crippen molar-refractivity contribution in [3.05, 3.63) is 65.0 Å². The molecular weight excluding hydrogens is 361 g/mol. The van der Waals surface area contributed by atoms with Crippen molar-refractivity contribution in [1.29, 1.82) is 0 Å². The van der Waals surface area contributed by atoms with Crippen molar-refractivity contribution >= 4 is 0 Å². The van der Waals surface area contributed by atoms with Gasteiger partial charge in [-0.1, -0.05) is 45.0 Å². The van der Waals surface area contributed by atoms with Crippen molar-refractivity contribution in [3.8, 4) is 0 Å². The monoisotopic (exact) mass is 390 g/mol. The number of piperidine rings is 1. The molecule has 0 aliphatic carbocycles. The number of aromatic nitrogens is 1. The third kappa shape index (κ3) is 5.81. The standard InChI is InChI=1S/C23H29F3N2/c1-22(2,3)16-28-11-5-7-19(15-28)21-10-9-18(14-27-21)12-17-6-4-8-20(13-17)23(24,25)26/h4,6,8-10,13-14,19H,5,7,11-12,15-16H2,1-3H3. The van der Waals surface area contributed by atoms with Crippen LogP contribution in [0.4, 0.5) is 13.2 Å². The molecule has 1 aliphatic rings. The number of hydrogen-bond acceptors (Lipinski definition) is 2. The Kier molecular flexibility index (Phi) is 6.13. The van der Waals surface area contributed by atoms with Crippen molar-refractivity contribution in [2.45, 2.75) is 52.1 Å². The van der Waals surface area contributed by atoms with E-state index in [1.165, 1.54) is 18.6 Å². The molecule has 1 fully saturated rings. The Bertz CT molecular complexity index is 776. The van der Waals surface area contributed by atoms with Gasteiger partial charge in [0.2, 0.25) is 0 Å². The number of likely N-dealkylation sites (tertiary alicyclic amines) is 1. The van der Waals surface area contributed by atoms with Crippen LogP contribution in [0.1, 0.15) is 61.9 Å². The fourth-order valence-electron chi connectivity index (χ4n) is 3.99. The Morgan fingerprint density at radius 1 is 1.07 bits per heavy atom. The number of rotatable bonds is 4. The van der Waals surface area contributed by atoms with Crippen molar-refractivity contribution in [1.82, 2.24) is 9.88 Å². The Morgan fingerprint density at radius 2 is 1.86 bits per heavy atom. The van der Waals surface area contributed by atoms with E-state index in [1.54, 1.807) is 6.07 Å². The number of pyridine rings is 1. The van der Waals surface area contributed by atoms with E-state index in [4.69, 9.17) is 0 Å². The lowest BCUT2D eigenvalue weighted by Gasteiger charge is -2.36. The van der Waals surface area contributed by atoms with Gasteiger partial charge in [0.25, 0.3) is 0 Å². The average molecular weight is 390 g/mol. The van der Waals surface area contributed by atoms with Gasteiger partial charge in [0.05, 0.1) is 5.56 Å². The van der Waals surface area contributed by atoms with E-state index >= 15 is 0 Å². The van der Waals surface area contributed by atoms with E-state index in [2.05, 4.69) is 30.7 Å². The second-order valence-electron chi connectivity index (χ2n) is 9.10. The molecule has 0 amide bonds. The van der Waals surface area contributed by atoms with Crippen LogP contribution in [0.5, 0.6) is 0 Å². The number of hydrogen-bond donors (Lipinski definition) is 0. The Hall–Kier alpha value is -1.88. The zero-order valence-corrected chi connectivity index (χ0v) is 16.9. The molecule has 1 saturated heterocycles.